The monoisotopic (exact) mass is 248 g/mol. The molecule has 2 rings (SSSR count). The molecule has 0 saturated carbocycles. The van der Waals surface area contributed by atoms with Gasteiger partial charge in [0.15, 0.2) is 5.78 Å². The van der Waals surface area contributed by atoms with Crippen molar-refractivity contribution in [1.29, 1.82) is 0 Å². The Bertz CT molecular complexity index is 466. The highest BCUT2D eigenvalue weighted by Gasteiger charge is 2.42. The molecule has 0 radical (unpaired) electrons. The van der Waals surface area contributed by atoms with Gasteiger partial charge in [0.05, 0.1) is 6.61 Å². The van der Waals surface area contributed by atoms with Crippen LogP contribution in [0.5, 0.6) is 0 Å². The van der Waals surface area contributed by atoms with E-state index >= 15 is 0 Å². The van der Waals surface area contributed by atoms with Crippen LogP contribution >= 0.6 is 0 Å². The van der Waals surface area contributed by atoms with Crippen molar-refractivity contribution >= 4 is 5.78 Å². The zero-order chi connectivity index (χ0) is 13.5. The predicted octanol–water partition coefficient (Wildman–Crippen LogP) is 1.91. The Hall–Kier alpha value is -1.19. The maximum absolute atomic E-state index is 12.1. The molecule has 0 aromatic carbocycles. The van der Waals surface area contributed by atoms with Crippen LogP contribution in [0.15, 0.2) is 34.9 Å². The van der Waals surface area contributed by atoms with Gasteiger partial charge in [0.1, 0.15) is 5.60 Å². The molecule has 0 amide bonds. The number of rotatable bonds is 2. The minimum atomic E-state index is -1.18. The van der Waals surface area contributed by atoms with Crippen LogP contribution in [-0.4, -0.2) is 28.2 Å². The van der Waals surface area contributed by atoms with Gasteiger partial charge in [-0.3, -0.25) is 4.79 Å². The van der Waals surface area contributed by atoms with Gasteiger partial charge in [-0.25, -0.2) is 0 Å². The third-order valence-corrected chi connectivity index (χ3v) is 4.08. The molecule has 0 spiro atoms. The molecule has 2 atom stereocenters. The maximum Gasteiger partial charge on any atom is 0.182 e. The molecule has 0 aliphatic heterocycles. The van der Waals surface area contributed by atoms with Gasteiger partial charge < -0.3 is 10.2 Å². The zero-order valence-electron chi connectivity index (χ0n) is 11.0. The fourth-order valence-corrected chi connectivity index (χ4v) is 3.23. The number of carbonyl (C=O) groups excluding carboxylic acids is 1. The summed E-state index contributed by atoms with van der Waals surface area (Å²) < 4.78 is 0. The van der Waals surface area contributed by atoms with Crippen LogP contribution in [0.1, 0.15) is 33.1 Å². The molecule has 3 heteroatoms. The van der Waals surface area contributed by atoms with Crippen molar-refractivity contribution in [2.24, 2.45) is 5.92 Å². The number of carbonyl (C=O) groups is 1. The highest BCUT2D eigenvalue weighted by molar-refractivity contribution is 6.07. The van der Waals surface area contributed by atoms with Crippen molar-refractivity contribution in [3.63, 3.8) is 0 Å². The molecule has 2 aliphatic carbocycles. The van der Waals surface area contributed by atoms with E-state index in [0.717, 1.165) is 30.4 Å². The van der Waals surface area contributed by atoms with Gasteiger partial charge in [0.25, 0.3) is 0 Å². The van der Waals surface area contributed by atoms with Gasteiger partial charge in [-0.05, 0) is 54.9 Å². The van der Waals surface area contributed by atoms with Crippen molar-refractivity contribution in [2.45, 2.75) is 38.7 Å². The van der Waals surface area contributed by atoms with Crippen LogP contribution in [0.25, 0.3) is 0 Å². The highest BCUT2D eigenvalue weighted by Crippen LogP contribution is 2.44. The summed E-state index contributed by atoms with van der Waals surface area (Å²) >= 11 is 0. The first-order valence-corrected chi connectivity index (χ1v) is 6.41. The molecule has 0 aromatic rings. The van der Waals surface area contributed by atoms with E-state index in [1.54, 1.807) is 6.92 Å². The quantitative estimate of drug-likeness (QED) is 0.785. The van der Waals surface area contributed by atoms with Crippen LogP contribution < -0.4 is 0 Å². The molecule has 18 heavy (non-hydrogen) atoms. The average Bonchev–Trinajstić information content (AvgIpc) is 2.32. The summed E-state index contributed by atoms with van der Waals surface area (Å²) in [6, 6.07) is 0. The molecule has 0 bridgehead atoms. The van der Waals surface area contributed by atoms with Crippen LogP contribution in [0.3, 0.4) is 0 Å². The summed E-state index contributed by atoms with van der Waals surface area (Å²) in [6.07, 6.45) is 4.16. The second-order valence-corrected chi connectivity index (χ2v) is 5.44. The Balaban J connectivity index is 2.54. The van der Waals surface area contributed by atoms with E-state index in [2.05, 4.69) is 6.58 Å². The SMILES string of the molecule is C=C(CO)C1=CC(=O)C2=C(C(C)CCC2)C1(C)O. The number of hydrogen-bond donors (Lipinski definition) is 2. The first kappa shape index (κ1) is 13.2. The first-order valence-electron chi connectivity index (χ1n) is 6.41. The van der Waals surface area contributed by atoms with Crippen LogP contribution in [0, 0.1) is 5.92 Å². The Morgan fingerprint density at radius 2 is 2.28 bits per heavy atom. The third kappa shape index (κ3) is 1.88. The van der Waals surface area contributed by atoms with E-state index in [-0.39, 0.29) is 18.3 Å². The summed E-state index contributed by atoms with van der Waals surface area (Å²) in [4.78, 5) is 12.1. The smallest absolute Gasteiger partial charge is 0.182 e. The van der Waals surface area contributed by atoms with Gasteiger partial charge >= 0.3 is 0 Å². The van der Waals surface area contributed by atoms with E-state index in [1.807, 2.05) is 6.92 Å². The third-order valence-electron chi connectivity index (χ3n) is 4.08. The van der Waals surface area contributed by atoms with E-state index in [1.165, 1.54) is 6.08 Å². The lowest BCUT2D eigenvalue weighted by Crippen LogP contribution is -2.40. The molecule has 0 heterocycles. The summed E-state index contributed by atoms with van der Waals surface area (Å²) in [6.45, 7) is 7.23. The summed E-state index contributed by atoms with van der Waals surface area (Å²) in [5.74, 6) is 0.163. The highest BCUT2D eigenvalue weighted by atomic mass is 16.3. The van der Waals surface area contributed by atoms with E-state index in [0.29, 0.717) is 11.1 Å². The number of hydrogen-bond acceptors (Lipinski definition) is 3. The minimum absolute atomic E-state index is 0.0346. The van der Waals surface area contributed by atoms with Gasteiger partial charge in [0, 0.05) is 5.57 Å². The van der Waals surface area contributed by atoms with Crippen molar-refractivity contribution in [3.05, 3.63) is 34.9 Å². The lowest BCUT2D eigenvalue weighted by atomic mass is 9.67. The molecule has 2 unspecified atom stereocenters. The molecular formula is C15H20O3. The van der Waals surface area contributed by atoms with Gasteiger partial charge in [0.2, 0.25) is 0 Å². The van der Waals surface area contributed by atoms with Crippen LogP contribution in [0.4, 0.5) is 0 Å². The standard InChI is InChI=1S/C15H20O3/c1-9-5-4-6-11-13(17)7-12(10(2)8-16)15(3,18)14(9)11/h7,9,16,18H,2,4-6,8H2,1,3H3. The molecule has 0 saturated heterocycles. The molecule has 0 fully saturated rings. The van der Waals surface area contributed by atoms with Crippen molar-refractivity contribution < 1.29 is 15.0 Å². The number of aliphatic hydroxyl groups excluding tert-OH is 1. The average molecular weight is 248 g/mol. The Labute approximate surface area is 108 Å². The van der Waals surface area contributed by atoms with E-state index in [4.69, 9.17) is 0 Å². The Morgan fingerprint density at radius 3 is 2.89 bits per heavy atom. The van der Waals surface area contributed by atoms with Gasteiger partial charge in [-0.15, -0.1) is 0 Å². The van der Waals surface area contributed by atoms with Crippen molar-refractivity contribution in [1.82, 2.24) is 0 Å². The Morgan fingerprint density at radius 1 is 1.61 bits per heavy atom. The first-order chi connectivity index (χ1) is 8.39. The second kappa shape index (κ2) is 4.48. The maximum atomic E-state index is 12.1. The second-order valence-electron chi connectivity index (χ2n) is 5.44. The van der Waals surface area contributed by atoms with Crippen LogP contribution in [0.2, 0.25) is 0 Å². The summed E-state index contributed by atoms with van der Waals surface area (Å²) in [7, 11) is 0. The number of allylic oxidation sites excluding steroid dienone is 2. The minimum Gasteiger partial charge on any atom is -0.392 e. The summed E-state index contributed by atoms with van der Waals surface area (Å²) in [5, 5.41) is 20.0. The molecule has 2 N–H and O–H groups in total. The van der Waals surface area contributed by atoms with Crippen LogP contribution in [-0.2, 0) is 4.79 Å². The zero-order valence-corrected chi connectivity index (χ0v) is 11.0. The molecule has 98 valence electrons. The fourth-order valence-electron chi connectivity index (χ4n) is 3.23. The molecule has 0 aromatic heterocycles. The van der Waals surface area contributed by atoms with Crippen molar-refractivity contribution in [2.75, 3.05) is 6.61 Å². The lowest BCUT2D eigenvalue weighted by molar-refractivity contribution is -0.112. The number of ketones is 1. The normalized spacial score (nSPS) is 32.1. The Kier molecular flexibility index (Phi) is 3.30. The predicted molar refractivity (Wildman–Crippen MR) is 70.0 cm³/mol. The largest absolute Gasteiger partial charge is 0.392 e. The number of aliphatic hydroxyl groups is 2. The fraction of sp³-hybridized carbons (Fsp3) is 0.533. The topological polar surface area (TPSA) is 57.5 Å². The molecule has 2 aliphatic rings. The van der Waals surface area contributed by atoms with Gasteiger partial charge in [-0.1, -0.05) is 13.5 Å². The van der Waals surface area contributed by atoms with Crippen molar-refractivity contribution in [3.8, 4) is 0 Å². The van der Waals surface area contributed by atoms with E-state index in [9.17, 15) is 15.0 Å². The van der Waals surface area contributed by atoms with E-state index < -0.39 is 5.60 Å². The lowest BCUT2D eigenvalue weighted by Gasteiger charge is -2.40. The van der Waals surface area contributed by atoms with Gasteiger partial charge in [-0.2, -0.15) is 0 Å². The molecular weight excluding hydrogens is 228 g/mol. The summed E-state index contributed by atoms with van der Waals surface area (Å²) in [5.41, 5.74) is 1.28. The molecule has 3 nitrogen and oxygen atoms in total.